The first-order valence-electron chi connectivity index (χ1n) is 10.4. The number of rotatable bonds is 6. The zero-order valence-corrected chi connectivity index (χ0v) is 17.9. The van der Waals surface area contributed by atoms with Gasteiger partial charge in [0, 0.05) is 18.2 Å². The molecule has 1 N–H and O–H groups in total. The number of allylic oxidation sites excluding steroid dienone is 1. The van der Waals surface area contributed by atoms with Crippen LogP contribution in [0.15, 0.2) is 52.6 Å². The van der Waals surface area contributed by atoms with Crippen LogP contribution >= 0.6 is 0 Å². The van der Waals surface area contributed by atoms with Gasteiger partial charge >= 0.3 is 0 Å². The van der Waals surface area contributed by atoms with Crippen molar-refractivity contribution in [3.05, 3.63) is 70.6 Å². The second-order valence-electron chi connectivity index (χ2n) is 8.08. The fourth-order valence-corrected chi connectivity index (χ4v) is 3.99. The number of ether oxygens (including phenoxy) is 1. The lowest BCUT2D eigenvalue weighted by Gasteiger charge is -2.14. The van der Waals surface area contributed by atoms with Crippen LogP contribution in [0.25, 0.3) is 0 Å². The minimum absolute atomic E-state index is 0.0362. The van der Waals surface area contributed by atoms with Gasteiger partial charge in [-0.3, -0.25) is 14.4 Å². The van der Waals surface area contributed by atoms with E-state index in [2.05, 4.69) is 15.6 Å². The number of amides is 1. The van der Waals surface area contributed by atoms with Gasteiger partial charge in [-0.25, -0.2) is 0 Å². The summed E-state index contributed by atoms with van der Waals surface area (Å²) >= 11 is 0. The largest absolute Gasteiger partial charge is 0.497 e. The van der Waals surface area contributed by atoms with Gasteiger partial charge in [0.1, 0.15) is 23.4 Å². The van der Waals surface area contributed by atoms with Crippen molar-refractivity contribution < 1.29 is 14.1 Å². The van der Waals surface area contributed by atoms with Crippen molar-refractivity contribution in [2.45, 2.75) is 45.7 Å². The molecule has 2 aliphatic rings. The third-order valence-corrected chi connectivity index (χ3v) is 5.84. The first-order valence-corrected chi connectivity index (χ1v) is 10.4. The van der Waals surface area contributed by atoms with Gasteiger partial charge in [-0.2, -0.15) is 5.10 Å². The summed E-state index contributed by atoms with van der Waals surface area (Å²) in [6.07, 6.45) is 6.28. The van der Waals surface area contributed by atoms with Crippen molar-refractivity contribution >= 4 is 11.6 Å². The number of anilines is 1. The highest BCUT2D eigenvalue weighted by Gasteiger charge is 2.40. The summed E-state index contributed by atoms with van der Waals surface area (Å²) in [5.74, 6) is 2.53. The maximum absolute atomic E-state index is 13.4. The number of carbonyl (C=O) groups excluding carboxylic acids is 1. The molecular formula is C23H25N5O3. The molecular weight excluding hydrogens is 394 g/mol. The summed E-state index contributed by atoms with van der Waals surface area (Å²) in [7, 11) is 1.65. The van der Waals surface area contributed by atoms with Crippen LogP contribution < -0.4 is 15.0 Å². The van der Waals surface area contributed by atoms with Crippen LogP contribution in [0.1, 0.15) is 35.4 Å². The highest BCUT2D eigenvalue weighted by atomic mass is 16.5. The van der Waals surface area contributed by atoms with Crippen molar-refractivity contribution in [2.24, 2.45) is 0 Å². The second kappa shape index (κ2) is 7.61. The SMILES string of the molecule is COc1cccc(CC2NC(=C3CC3)N(c3cnn(Cc4c(C)noc4C)c3)C2=O)c1. The number of aromatic nitrogens is 3. The smallest absolute Gasteiger partial charge is 0.255 e. The van der Waals surface area contributed by atoms with Crippen LogP contribution in [0.4, 0.5) is 5.69 Å². The predicted molar refractivity (Wildman–Crippen MR) is 115 cm³/mol. The molecule has 8 nitrogen and oxygen atoms in total. The summed E-state index contributed by atoms with van der Waals surface area (Å²) in [6, 6.07) is 7.53. The second-order valence-corrected chi connectivity index (χ2v) is 8.08. The van der Waals surface area contributed by atoms with Gasteiger partial charge in [0.05, 0.1) is 31.2 Å². The molecule has 3 heterocycles. The molecule has 1 unspecified atom stereocenters. The van der Waals surface area contributed by atoms with Crippen molar-refractivity contribution in [3.8, 4) is 5.75 Å². The lowest BCUT2D eigenvalue weighted by molar-refractivity contribution is -0.118. The number of carbonyl (C=O) groups is 1. The van der Waals surface area contributed by atoms with E-state index in [1.54, 1.807) is 18.2 Å². The molecule has 1 saturated carbocycles. The number of benzene rings is 1. The van der Waals surface area contributed by atoms with Crippen LogP contribution in [0.3, 0.4) is 0 Å². The van der Waals surface area contributed by atoms with Crippen LogP contribution in [0.5, 0.6) is 5.75 Å². The Balaban J connectivity index is 1.39. The molecule has 3 aromatic rings. The van der Waals surface area contributed by atoms with E-state index in [-0.39, 0.29) is 11.9 Å². The van der Waals surface area contributed by atoms with E-state index in [4.69, 9.17) is 9.26 Å². The maximum atomic E-state index is 13.4. The average molecular weight is 419 g/mol. The van der Waals surface area contributed by atoms with E-state index in [0.717, 1.165) is 52.7 Å². The number of nitrogens with one attached hydrogen (secondary N) is 1. The Hall–Kier alpha value is -3.55. The maximum Gasteiger partial charge on any atom is 0.255 e. The summed E-state index contributed by atoms with van der Waals surface area (Å²) in [5.41, 5.74) is 4.97. The molecule has 5 rings (SSSR count). The van der Waals surface area contributed by atoms with Gasteiger partial charge in [0.25, 0.3) is 5.91 Å². The molecule has 2 aromatic heterocycles. The van der Waals surface area contributed by atoms with Crippen molar-refractivity contribution in [3.63, 3.8) is 0 Å². The molecule has 1 aliphatic heterocycles. The van der Waals surface area contributed by atoms with Crippen LogP contribution in [0.2, 0.25) is 0 Å². The number of hydrogen-bond donors (Lipinski definition) is 1. The van der Waals surface area contributed by atoms with Crippen molar-refractivity contribution in [2.75, 3.05) is 12.0 Å². The third kappa shape index (κ3) is 3.69. The molecule has 0 spiro atoms. The minimum Gasteiger partial charge on any atom is -0.497 e. The summed E-state index contributed by atoms with van der Waals surface area (Å²) in [4.78, 5) is 15.2. The van der Waals surface area contributed by atoms with Gasteiger partial charge in [-0.15, -0.1) is 0 Å². The molecule has 8 heteroatoms. The molecule has 1 aliphatic carbocycles. The number of aryl methyl sites for hydroxylation is 2. The predicted octanol–water partition coefficient (Wildman–Crippen LogP) is 3.10. The van der Waals surface area contributed by atoms with Gasteiger partial charge in [-0.1, -0.05) is 17.3 Å². The Morgan fingerprint density at radius 3 is 2.84 bits per heavy atom. The lowest BCUT2D eigenvalue weighted by atomic mass is 10.1. The molecule has 31 heavy (non-hydrogen) atoms. The normalized spacial score (nSPS) is 18.0. The van der Waals surface area contributed by atoms with Gasteiger partial charge in [-0.05, 0) is 50.0 Å². The number of nitrogens with zero attached hydrogens (tertiary/aromatic N) is 4. The van der Waals surface area contributed by atoms with Crippen LogP contribution in [-0.2, 0) is 17.8 Å². The van der Waals surface area contributed by atoms with Crippen molar-refractivity contribution in [1.82, 2.24) is 20.3 Å². The molecule has 1 aromatic carbocycles. The first-order chi connectivity index (χ1) is 15.0. The molecule has 1 saturated heterocycles. The van der Waals surface area contributed by atoms with Gasteiger partial charge in [0.2, 0.25) is 0 Å². The minimum atomic E-state index is -0.318. The number of methoxy groups -OCH3 is 1. The third-order valence-electron chi connectivity index (χ3n) is 5.84. The Morgan fingerprint density at radius 1 is 1.29 bits per heavy atom. The van der Waals surface area contributed by atoms with Gasteiger partial charge < -0.3 is 14.6 Å². The zero-order valence-electron chi connectivity index (χ0n) is 17.9. The summed E-state index contributed by atoms with van der Waals surface area (Å²) < 4.78 is 12.4. The van der Waals surface area contributed by atoms with Crippen LogP contribution in [-0.4, -0.2) is 34.0 Å². The fraction of sp³-hybridized carbons (Fsp3) is 0.348. The Kier molecular flexibility index (Phi) is 4.77. The summed E-state index contributed by atoms with van der Waals surface area (Å²) in [6.45, 7) is 4.37. The van der Waals surface area contributed by atoms with E-state index in [1.807, 2.05) is 49.0 Å². The monoisotopic (exact) mass is 419 g/mol. The van der Waals surface area contributed by atoms with E-state index in [1.165, 1.54) is 5.57 Å². The lowest BCUT2D eigenvalue weighted by Crippen LogP contribution is -2.32. The Bertz CT molecular complexity index is 1150. The highest BCUT2D eigenvalue weighted by molar-refractivity contribution is 6.03. The molecule has 1 amide bonds. The van der Waals surface area contributed by atoms with Crippen LogP contribution in [0, 0.1) is 13.8 Å². The standard InChI is InChI=1S/C23H25N5O3/c1-14-20(15(2)31-26-14)13-27-12-18(11-24-27)28-22(17-7-8-17)25-21(23(28)29)10-16-5-4-6-19(9-16)30-3/h4-6,9,11-12,21,25H,7-8,10,13H2,1-3H3. The summed E-state index contributed by atoms with van der Waals surface area (Å²) in [5, 5.41) is 12.0. The van der Waals surface area contributed by atoms with E-state index in [0.29, 0.717) is 13.0 Å². The highest BCUT2D eigenvalue weighted by Crippen LogP contribution is 2.37. The fourth-order valence-electron chi connectivity index (χ4n) is 3.99. The molecule has 0 bridgehead atoms. The Labute approximate surface area is 180 Å². The van der Waals surface area contributed by atoms with Gasteiger partial charge in [0.15, 0.2) is 0 Å². The molecule has 160 valence electrons. The van der Waals surface area contributed by atoms with Crippen molar-refractivity contribution in [1.29, 1.82) is 0 Å². The quantitative estimate of drug-likeness (QED) is 0.661. The number of hydrogen-bond acceptors (Lipinski definition) is 6. The zero-order chi connectivity index (χ0) is 21.5. The first kappa shape index (κ1) is 19.4. The van der Waals surface area contributed by atoms with E-state index < -0.39 is 0 Å². The molecule has 2 fully saturated rings. The average Bonchev–Trinajstić information content (AvgIpc) is 3.33. The van der Waals surface area contributed by atoms with E-state index in [9.17, 15) is 4.79 Å². The topological polar surface area (TPSA) is 85.4 Å². The molecule has 1 atom stereocenters. The molecule has 0 radical (unpaired) electrons. The Morgan fingerprint density at radius 2 is 2.13 bits per heavy atom. The van der Waals surface area contributed by atoms with E-state index >= 15 is 0 Å².